The number of carbonyl (C=O) groups is 2. The first kappa shape index (κ1) is 23.7. The van der Waals surface area contributed by atoms with Crippen LogP contribution in [0.25, 0.3) is 0 Å². The lowest BCUT2D eigenvalue weighted by Crippen LogP contribution is -2.30. The Hall–Kier alpha value is -2.91. The summed E-state index contributed by atoms with van der Waals surface area (Å²) in [5, 5.41) is 8.75. The highest BCUT2D eigenvalue weighted by Gasteiger charge is 2.29. The molecule has 0 aromatic heterocycles. The molecule has 1 aliphatic rings. The molecule has 2 aromatic rings. The zero-order valence-corrected chi connectivity index (χ0v) is 19.5. The Morgan fingerprint density at radius 2 is 1.59 bits per heavy atom. The van der Waals surface area contributed by atoms with Crippen LogP contribution in [0.5, 0.6) is 0 Å². The second-order valence-electron chi connectivity index (χ2n) is 7.81. The first-order chi connectivity index (χ1) is 15.2. The summed E-state index contributed by atoms with van der Waals surface area (Å²) in [7, 11) is -3.53. The van der Waals surface area contributed by atoms with Gasteiger partial charge in [-0.05, 0) is 61.7 Å². The number of amides is 2. The molecule has 0 saturated heterocycles. The largest absolute Gasteiger partial charge is 0.376 e. The number of nitrogens with zero attached hydrogens (tertiary/aromatic N) is 1. The fourth-order valence-corrected chi connectivity index (χ4v) is 4.74. The normalized spacial score (nSPS) is 13.6. The molecule has 9 heteroatoms. The van der Waals surface area contributed by atoms with Crippen LogP contribution >= 0.6 is 0 Å². The third-order valence-corrected chi connectivity index (χ3v) is 7.44. The number of benzene rings is 2. The van der Waals surface area contributed by atoms with Gasteiger partial charge in [0.2, 0.25) is 21.8 Å². The van der Waals surface area contributed by atoms with Gasteiger partial charge in [-0.15, -0.1) is 0 Å². The molecule has 172 valence electrons. The van der Waals surface area contributed by atoms with Crippen LogP contribution < -0.4 is 16.0 Å². The maximum Gasteiger partial charge on any atom is 0.243 e. The van der Waals surface area contributed by atoms with Gasteiger partial charge in [-0.1, -0.05) is 19.9 Å². The number of hydrogen-bond donors (Lipinski definition) is 3. The zero-order valence-electron chi connectivity index (χ0n) is 18.6. The molecular weight excluding hydrogens is 428 g/mol. The van der Waals surface area contributed by atoms with Gasteiger partial charge in [0.25, 0.3) is 0 Å². The van der Waals surface area contributed by atoms with Gasteiger partial charge in [0, 0.05) is 36.1 Å². The van der Waals surface area contributed by atoms with E-state index in [1.165, 1.54) is 16.4 Å². The molecular formula is C23H30N4O4S. The number of anilines is 3. The SMILES string of the molecule is CCN(CC)S(=O)(=O)c1ccc(NC(=O)CNc2cc(NC(=O)C3CC3)ccc2C)cc1. The smallest absolute Gasteiger partial charge is 0.243 e. The van der Waals surface area contributed by atoms with Crippen molar-refractivity contribution in [3.05, 3.63) is 48.0 Å². The maximum atomic E-state index is 12.6. The number of hydrogen-bond acceptors (Lipinski definition) is 5. The van der Waals surface area contributed by atoms with Crippen molar-refractivity contribution in [3.8, 4) is 0 Å². The van der Waals surface area contributed by atoms with E-state index in [0.29, 0.717) is 24.5 Å². The molecule has 3 N–H and O–H groups in total. The highest BCUT2D eigenvalue weighted by Crippen LogP contribution is 2.30. The summed E-state index contributed by atoms with van der Waals surface area (Å²) in [6.07, 6.45) is 1.87. The lowest BCUT2D eigenvalue weighted by Gasteiger charge is -2.18. The average Bonchev–Trinajstić information content (AvgIpc) is 3.61. The Labute approximate surface area is 189 Å². The van der Waals surface area contributed by atoms with Crippen LogP contribution in [-0.4, -0.2) is 44.2 Å². The van der Waals surface area contributed by atoms with Crippen molar-refractivity contribution in [2.45, 2.75) is 38.5 Å². The molecule has 1 fully saturated rings. The van der Waals surface area contributed by atoms with Gasteiger partial charge in [0.05, 0.1) is 11.4 Å². The van der Waals surface area contributed by atoms with Crippen molar-refractivity contribution in [1.82, 2.24) is 4.31 Å². The van der Waals surface area contributed by atoms with Gasteiger partial charge in [0.1, 0.15) is 0 Å². The molecule has 0 radical (unpaired) electrons. The number of carbonyl (C=O) groups excluding carboxylic acids is 2. The fraction of sp³-hybridized carbons (Fsp3) is 0.391. The van der Waals surface area contributed by atoms with E-state index < -0.39 is 10.0 Å². The standard InChI is InChI=1S/C23H30N4O4S/c1-4-27(5-2)32(30,31)20-12-10-18(11-13-20)25-22(28)15-24-21-14-19(9-6-16(21)3)26-23(29)17-7-8-17/h6,9-14,17,24H,4-5,7-8,15H2,1-3H3,(H,25,28)(H,26,29). The van der Waals surface area contributed by atoms with E-state index >= 15 is 0 Å². The fourth-order valence-electron chi connectivity index (χ4n) is 3.28. The summed E-state index contributed by atoms with van der Waals surface area (Å²) in [6.45, 7) is 6.33. The number of nitrogens with one attached hydrogen (secondary N) is 3. The van der Waals surface area contributed by atoms with Gasteiger partial charge >= 0.3 is 0 Å². The van der Waals surface area contributed by atoms with Crippen LogP contribution in [0.1, 0.15) is 32.3 Å². The number of sulfonamides is 1. The quantitative estimate of drug-likeness (QED) is 0.506. The van der Waals surface area contributed by atoms with Crippen LogP contribution in [0.3, 0.4) is 0 Å². The molecule has 2 aromatic carbocycles. The minimum Gasteiger partial charge on any atom is -0.376 e. The first-order valence-corrected chi connectivity index (χ1v) is 12.2. The van der Waals surface area contributed by atoms with E-state index in [2.05, 4.69) is 16.0 Å². The van der Waals surface area contributed by atoms with Gasteiger partial charge in [-0.25, -0.2) is 8.42 Å². The Bertz CT molecular complexity index is 1080. The van der Waals surface area contributed by atoms with E-state index in [1.807, 2.05) is 25.1 Å². The molecule has 0 atom stereocenters. The zero-order chi connectivity index (χ0) is 23.3. The van der Waals surface area contributed by atoms with Gasteiger partial charge < -0.3 is 16.0 Å². The maximum absolute atomic E-state index is 12.6. The monoisotopic (exact) mass is 458 g/mol. The van der Waals surface area contributed by atoms with Crippen LogP contribution in [0.15, 0.2) is 47.4 Å². The lowest BCUT2D eigenvalue weighted by molar-refractivity contribution is -0.117. The summed E-state index contributed by atoms with van der Waals surface area (Å²) in [5.41, 5.74) is 2.92. The molecule has 0 spiro atoms. The molecule has 0 bridgehead atoms. The van der Waals surface area contributed by atoms with Crippen LogP contribution in [0.4, 0.5) is 17.1 Å². The first-order valence-electron chi connectivity index (χ1n) is 10.8. The summed E-state index contributed by atoms with van der Waals surface area (Å²) >= 11 is 0. The van der Waals surface area contributed by atoms with Gasteiger partial charge in [-0.3, -0.25) is 9.59 Å². The molecule has 0 unspecified atom stereocenters. The van der Waals surface area contributed by atoms with Crippen LogP contribution in [0, 0.1) is 12.8 Å². The van der Waals surface area contributed by atoms with E-state index in [1.54, 1.807) is 26.0 Å². The van der Waals surface area contributed by atoms with Crippen molar-refractivity contribution >= 4 is 38.9 Å². The molecule has 1 saturated carbocycles. The van der Waals surface area contributed by atoms with Crippen molar-refractivity contribution in [3.63, 3.8) is 0 Å². The highest BCUT2D eigenvalue weighted by atomic mass is 32.2. The molecule has 8 nitrogen and oxygen atoms in total. The van der Waals surface area contributed by atoms with Crippen molar-refractivity contribution in [1.29, 1.82) is 0 Å². The third-order valence-electron chi connectivity index (χ3n) is 5.37. The summed E-state index contributed by atoms with van der Waals surface area (Å²) in [5.74, 6) is -0.118. The molecule has 0 heterocycles. The third kappa shape index (κ3) is 5.86. The molecule has 0 aliphatic heterocycles. The number of rotatable bonds is 10. The lowest BCUT2D eigenvalue weighted by atomic mass is 10.1. The van der Waals surface area contributed by atoms with Crippen LogP contribution in [0.2, 0.25) is 0 Å². The highest BCUT2D eigenvalue weighted by molar-refractivity contribution is 7.89. The van der Waals surface area contributed by atoms with E-state index in [9.17, 15) is 18.0 Å². The molecule has 2 amide bonds. The molecule has 32 heavy (non-hydrogen) atoms. The predicted molar refractivity (Wildman–Crippen MR) is 126 cm³/mol. The van der Waals surface area contributed by atoms with Crippen molar-refractivity contribution < 1.29 is 18.0 Å². The van der Waals surface area contributed by atoms with E-state index in [4.69, 9.17) is 0 Å². The van der Waals surface area contributed by atoms with Crippen molar-refractivity contribution in [2.75, 3.05) is 35.6 Å². The molecule has 1 aliphatic carbocycles. The minimum atomic E-state index is -3.53. The van der Waals surface area contributed by atoms with Gasteiger partial charge in [-0.2, -0.15) is 4.31 Å². The number of aryl methyl sites for hydroxylation is 1. The van der Waals surface area contributed by atoms with E-state index in [0.717, 1.165) is 24.1 Å². The van der Waals surface area contributed by atoms with Gasteiger partial charge in [0.15, 0.2) is 0 Å². The second-order valence-corrected chi connectivity index (χ2v) is 9.75. The Morgan fingerprint density at radius 1 is 0.969 bits per heavy atom. The summed E-state index contributed by atoms with van der Waals surface area (Å²) in [6, 6.07) is 11.7. The Kier molecular flexibility index (Phi) is 7.52. The van der Waals surface area contributed by atoms with E-state index in [-0.39, 0.29) is 29.2 Å². The topological polar surface area (TPSA) is 108 Å². The Morgan fingerprint density at radius 3 is 2.19 bits per heavy atom. The summed E-state index contributed by atoms with van der Waals surface area (Å²) in [4.78, 5) is 24.5. The minimum absolute atomic E-state index is 0.0281. The van der Waals surface area contributed by atoms with Crippen LogP contribution in [-0.2, 0) is 19.6 Å². The predicted octanol–water partition coefficient (Wildman–Crippen LogP) is 3.42. The average molecular weight is 459 g/mol. The molecule has 3 rings (SSSR count). The second kappa shape index (κ2) is 10.1. The Balaban J connectivity index is 1.57. The summed E-state index contributed by atoms with van der Waals surface area (Å²) < 4.78 is 26.5. The van der Waals surface area contributed by atoms with Crippen molar-refractivity contribution in [2.24, 2.45) is 5.92 Å².